The van der Waals surface area contributed by atoms with Crippen LogP contribution >= 0.6 is 11.8 Å². The lowest BCUT2D eigenvalue weighted by Crippen LogP contribution is -2.13. The molecule has 0 atom stereocenters. The van der Waals surface area contributed by atoms with Gasteiger partial charge in [0.1, 0.15) is 0 Å². The van der Waals surface area contributed by atoms with Gasteiger partial charge in [-0.25, -0.2) is 35.1 Å². The first-order valence-electron chi connectivity index (χ1n) is 5.42. The largest absolute Gasteiger partial charge is 0.349 e. The molecule has 1 aliphatic heterocycles. The molecule has 0 aromatic heterocycles. The molecule has 2 aromatic rings. The van der Waals surface area contributed by atoms with Gasteiger partial charge in [-0.1, -0.05) is 11.8 Å². The molecular formula is C12HF8NS. The minimum atomic E-state index is -2.18. The Balaban J connectivity index is 2.32. The van der Waals surface area contributed by atoms with Gasteiger partial charge >= 0.3 is 0 Å². The van der Waals surface area contributed by atoms with Crippen LogP contribution in [0.15, 0.2) is 9.79 Å². The summed E-state index contributed by atoms with van der Waals surface area (Å²) >= 11 is -0.0960. The minimum absolute atomic E-state index is 0.0960. The van der Waals surface area contributed by atoms with Crippen molar-refractivity contribution in [2.45, 2.75) is 9.79 Å². The van der Waals surface area contributed by atoms with Crippen molar-refractivity contribution in [2.75, 3.05) is 5.32 Å². The Bertz CT molecular complexity index is 700. The summed E-state index contributed by atoms with van der Waals surface area (Å²) in [5, 5.41) is 1.73. The van der Waals surface area contributed by atoms with Crippen molar-refractivity contribution in [1.82, 2.24) is 0 Å². The molecule has 116 valence electrons. The van der Waals surface area contributed by atoms with Gasteiger partial charge in [-0.3, -0.25) is 0 Å². The lowest BCUT2D eigenvalue weighted by Gasteiger charge is -2.23. The Kier molecular flexibility index (Phi) is 3.24. The van der Waals surface area contributed by atoms with Gasteiger partial charge in [0.05, 0.1) is 21.2 Å². The van der Waals surface area contributed by atoms with Gasteiger partial charge in [0.15, 0.2) is 46.5 Å². The monoisotopic (exact) mass is 343 g/mol. The second-order valence-corrected chi connectivity index (χ2v) is 5.17. The van der Waals surface area contributed by atoms with Crippen LogP contribution in [-0.2, 0) is 0 Å². The van der Waals surface area contributed by atoms with Gasteiger partial charge in [-0.05, 0) is 0 Å². The highest BCUT2D eigenvalue weighted by molar-refractivity contribution is 7.99. The van der Waals surface area contributed by atoms with Crippen molar-refractivity contribution in [3.05, 3.63) is 46.5 Å². The van der Waals surface area contributed by atoms with Gasteiger partial charge in [-0.2, -0.15) is 0 Å². The highest BCUT2D eigenvalue weighted by Crippen LogP contribution is 2.50. The molecule has 0 saturated heterocycles. The number of anilines is 2. The molecule has 22 heavy (non-hydrogen) atoms. The molecule has 0 unspecified atom stereocenters. The predicted octanol–water partition coefficient (Wildman–Crippen LogP) is 5.01. The summed E-state index contributed by atoms with van der Waals surface area (Å²) in [6.45, 7) is 0. The van der Waals surface area contributed by atoms with E-state index in [-0.39, 0.29) is 11.8 Å². The SMILES string of the molecule is Fc1c(F)c(F)c2c(c1F)Nc1c(F)c(F)c(F)c(F)c1S2. The maximum absolute atomic E-state index is 13.6. The minimum Gasteiger partial charge on any atom is -0.349 e. The number of hydrogen-bond acceptors (Lipinski definition) is 2. The van der Waals surface area contributed by atoms with Crippen LogP contribution in [0.4, 0.5) is 46.5 Å². The van der Waals surface area contributed by atoms with E-state index in [4.69, 9.17) is 0 Å². The summed E-state index contributed by atoms with van der Waals surface area (Å²) in [7, 11) is 0. The summed E-state index contributed by atoms with van der Waals surface area (Å²) in [4.78, 5) is -1.90. The van der Waals surface area contributed by atoms with Crippen molar-refractivity contribution >= 4 is 23.1 Å². The van der Waals surface area contributed by atoms with Crippen LogP contribution in [-0.4, -0.2) is 0 Å². The average Bonchev–Trinajstić information content (AvgIpc) is 2.52. The first kappa shape index (κ1) is 14.9. The van der Waals surface area contributed by atoms with E-state index >= 15 is 0 Å². The Labute approximate surface area is 120 Å². The van der Waals surface area contributed by atoms with E-state index in [0.29, 0.717) is 0 Å². The lowest BCUT2D eigenvalue weighted by atomic mass is 10.2. The number of fused-ring (bicyclic) bond motifs is 2. The normalized spacial score (nSPS) is 12.7. The van der Waals surface area contributed by atoms with E-state index in [0.717, 1.165) is 0 Å². The number of nitrogens with one attached hydrogen (secondary N) is 1. The van der Waals surface area contributed by atoms with Crippen LogP contribution in [0, 0.1) is 46.5 Å². The highest BCUT2D eigenvalue weighted by atomic mass is 32.2. The lowest BCUT2D eigenvalue weighted by molar-refractivity contribution is 0.395. The first-order chi connectivity index (χ1) is 10.3. The van der Waals surface area contributed by atoms with E-state index in [1.54, 1.807) is 5.32 Å². The fourth-order valence-corrected chi connectivity index (χ4v) is 2.91. The summed E-state index contributed by atoms with van der Waals surface area (Å²) in [6.07, 6.45) is 0. The van der Waals surface area contributed by atoms with E-state index in [9.17, 15) is 35.1 Å². The van der Waals surface area contributed by atoms with Crippen LogP contribution < -0.4 is 5.32 Å². The standard InChI is InChI=1S/C12HF8NS/c13-1-3(15)7(19)11-9(5(1)17)21-10-6(18)2(14)4(16)8(20)12(10)22-11/h21H. The van der Waals surface area contributed by atoms with Gasteiger partial charge in [0.25, 0.3) is 0 Å². The Morgan fingerprint density at radius 2 is 0.773 bits per heavy atom. The molecule has 2 aromatic carbocycles. The zero-order valence-corrected chi connectivity index (χ0v) is 10.7. The maximum Gasteiger partial charge on any atom is 0.199 e. The third kappa shape index (κ3) is 1.79. The van der Waals surface area contributed by atoms with Crippen molar-refractivity contribution in [3.63, 3.8) is 0 Å². The van der Waals surface area contributed by atoms with Crippen LogP contribution in [0.3, 0.4) is 0 Å². The molecule has 0 bridgehead atoms. The molecule has 0 spiro atoms. The third-order valence-corrected chi connectivity index (χ3v) is 4.08. The average molecular weight is 343 g/mol. The van der Waals surface area contributed by atoms with Crippen molar-refractivity contribution < 1.29 is 35.1 Å². The summed E-state index contributed by atoms with van der Waals surface area (Å²) in [5.41, 5.74) is -2.09. The fraction of sp³-hybridized carbons (Fsp3) is 0. The number of benzene rings is 2. The number of hydrogen-bond donors (Lipinski definition) is 1. The zero-order valence-electron chi connectivity index (χ0n) is 9.93. The second-order valence-electron chi connectivity index (χ2n) is 4.15. The van der Waals surface area contributed by atoms with Gasteiger partial charge in [0.2, 0.25) is 0 Å². The molecule has 0 fully saturated rings. The number of halogens is 8. The maximum atomic E-state index is 13.6. The molecule has 0 saturated carbocycles. The Morgan fingerprint density at radius 3 is 1.14 bits per heavy atom. The van der Waals surface area contributed by atoms with E-state index in [1.807, 2.05) is 0 Å². The van der Waals surface area contributed by atoms with Crippen molar-refractivity contribution in [3.8, 4) is 0 Å². The summed E-state index contributed by atoms with van der Waals surface area (Å²) < 4.78 is 107. The smallest absolute Gasteiger partial charge is 0.199 e. The fourth-order valence-electron chi connectivity index (χ4n) is 1.87. The second kappa shape index (κ2) is 4.77. The van der Waals surface area contributed by atoms with Gasteiger partial charge in [0, 0.05) is 0 Å². The van der Waals surface area contributed by atoms with E-state index in [1.165, 1.54) is 0 Å². The molecule has 0 amide bonds. The molecule has 1 aliphatic rings. The third-order valence-electron chi connectivity index (χ3n) is 2.90. The van der Waals surface area contributed by atoms with Crippen LogP contribution in [0.25, 0.3) is 0 Å². The van der Waals surface area contributed by atoms with Crippen molar-refractivity contribution in [1.29, 1.82) is 0 Å². The highest BCUT2D eigenvalue weighted by Gasteiger charge is 2.35. The molecule has 10 heteroatoms. The molecular weight excluding hydrogens is 342 g/mol. The summed E-state index contributed by atoms with van der Waals surface area (Å²) in [5.74, 6) is -16.3. The molecule has 3 rings (SSSR count). The molecule has 1 nitrogen and oxygen atoms in total. The van der Waals surface area contributed by atoms with Gasteiger partial charge in [-0.15, -0.1) is 0 Å². The van der Waals surface area contributed by atoms with Gasteiger partial charge < -0.3 is 5.32 Å². The van der Waals surface area contributed by atoms with E-state index in [2.05, 4.69) is 0 Å². The van der Waals surface area contributed by atoms with Crippen molar-refractivity contribution in [2.24, 2.45) is 0 Å². The number of rotatable bonds is 0. The summed E-state index contributed by atoms with van der Waals surface area (Å²) in [6, 6.07) is 0. The first-order valence-corrected chi connectivity index (χ1v) is 6.24. The molecule has 0 radical (unpaired) electrons. The van der Waals surface area contributed by atoms with Crippen LogP contribution in [0.1, 0.15) is 0 Å². The van der Waals surface area contributed by atoms with Crippen LogP contribution in [0.5, 0.6) is 0 Å². The van der Waals surface area contributed by atoms with Crippen LogP contribution in [0.2, 0.25) is 0 Å². The molecule has 0 aliphatic carbocycles. The Hall–Kier alpha value is -1.97. The molecule has 1 heterocycles. The van der Waals surface area contributed by atoms with E-state index < -0.39 is 67.7 Å². The predicted molar refractivity (Wildman–Crippen MR) is 60.0 cm³/mol. The zero-order chi connectivity index (χ0) is 16.3. The molecule has 1 N–H and O–H groups in total. The Morgan fingerprint density at radius 1 is 0.455 bits per heavy atom. The topological polar surface area (TPSA) is 12.0 Å². The quantitative estimate of drug-likeness (QED) is 0.350.